The smallest absolute Gasteiger partial charge is 0.126 e. The summed E-state index contributed by atoms with van der Waals surface area (Å²) < 4.78 is 5.48. The molecule has 2 heteroatoms. The molecule has 70 valence electrons. The van der Waals surface area contributed by atoms with Crippen LogP contribution in [-0.2, 0) is 0 Å². The highest BCUT2D eigenvalue weighted by molar-refractivity contribution is 5.44. The highest BCUT2D eigenvalue weighted by atomic mass is 16.5. The molecular weight excluding hydrogens is 164 g/mol. The monoisotopic (exact) mass is 178 g/mol. The Labute approximate surface area is 78.2 Å². The predicted molar refractivity (Wildman–Crippen MR) is 51.3 cm³/mol. The number of aromatic hydroxyl groups is 1. The Morgan fingerprint density at radius 2 is 2.38 bits per heavy atom. The molecular formula is C11H14O2. The molecule has 1 N–H and O–H groups in total. The fourth-order valence-corrected chi connectivity index (χ4v) is 1.85. The van der Waals surface area contributed by atoms with E-state index in [2.05, 4.69) is 6.92 Å². The molecule has 0 spiro atoms. The normalized spacial score (nSPS) is 19.6. The van der Waals surface area contributed by atoms with Crippen molar-refractivity contribution in [2.75, 3.05) is 6.61 Å². The first-order valence-corrected chi connectivity index (χ1v) is 4.77. The SMILES string of the molecule is CCC[C@@H]1COc2cc(O)ccc21. The molecule has 0 saturated heterocycles. The van der Waals surface area contributed by atoms with Crippen molar-refractivity contribution in [3.8, 4) is 11.5 Å². The Hall–Kier alpha value is -1.18. The predicted octanol–water partition coefficient (Wildman–Crippen LogP) is 2.67. The number of rotatable bonds is 2. The van der Waals surface area contributed by atoms with Gasteiger partial charge in [0.15, 0.2) is 0 Å². The van der Waals surface area contributed by atoms with Gasteiger partial charge in [0.05, 0.1) is 6.61 Å². The van der Waals surface area contributed by atoms with Gasteiger partial charge in [0.1, 0.15) is 11.5 Å². The molecule has 1 aliphatic rings. The summed E-state index contributed by atoms with van der Waals surface area (Å²) in [5, 5.41) is 9.23. The van der Waals surface area contributed by atoms with Crippen molar-refractivity contribution in [3.63, 3.8) is 0 Å². The fraction of sp³-hybridized carbons (Fsp3) is 0.455. The lowest BCUT2D eigenvalue weighted by molar-refractivity contribution is 0.323. The molecule has 1 aliphatic heterocycles. The van der Waals surface area contributed by atoms with Gasteiger partial charge in [-0.25, -0.2) is 0 Å². The molecule has 0 fully saturated rings. The van der Waals surface area contributed by atoms with Gasteiger partial charge in [0.25, 0.3) is 0 Å². The summed E-state index contributed by atoms with van der Waals surface area (Å²) in [6.07, 6.45) is 2.34. The van der Waals surface area contributed by atoms with Gasteiger partial charge in [-0.2, -0.15) is 0 Å². The first-order valence-electron chi connectivity index (χ1n) is 4.77. The van der Waals surface area contributed by atoms with Crippen LogP contribution in [0.3, 0.4) is 0 Å². The third kappa shape index (κ3) is 1.48. The van der Waals surface area contributed by atoms with Gasteiger partial charge in [-0.3, -0.25) is 0 Å². The largest absolute Gasteiger partial charge is 0.508 e. The molecule has 1 atom stereocenters. The standard InChI is InChI=1S/C11H14O2/c1-2-3-8-7-13-11-6-9(12)4-5-10(8)11/h4-6,8,12H,2-3,7H2,1H3/t8-/m1/s1. The quantitative estimate of drug-likeness (QED) is 0.754. The summed E-state index contributed by atoms with van der Waals surface area (Å²) in [6, 6.07) is 5.40. The molecule has 0 saturated carbocycles. The van der Waals surface area contributed by atoms with E-state index < -0.39 is 0 Å². The van der Waals surface area contributed by atoms with Crippen LogP contribution < -0.4 is 4.74 Å². The van der Waals surface area contributed by atoms with E-state index in [9.17, 15) is 5.11 Å². The lowest BCUT2D eigenvalue weighted by Gasteiger charge is -2.05. The van der Waals surface area contributed by atoms with Crippen LogP contribution in [0.15, 0.2) is 18.2 Å². The van der Waals surface area contributed by atoms with Gasteiger partial charge >= 0.3 is 0 Å². The first-order chi connectivity index (χ1) is 6.31. The number of phenols is 1. The summed E-state index contributed by atoms with van der Waals surface area (Å²) >= 11 is 0. The Balaban J connectivity index is 2.27. The molecule has 1 heterocycles. The van der Waals surface area contributed by atoms with Crippen molar-refractivity contribution in [3.05, 3.63) is 23.8 Å². The van der Waals surface area contributed by atoms with E-state index in [1.807, 2.05) is 6.07 Å². The lowest BCUT2D eigenvalue weighted by atomic mass is 9.97. The van der Waals surface area contributed by atoms with E-state index in [-0.39, 0.29) is 5.75 Å². The zero-order chi connectivity index (χ0) is 9.26. The van der Waals surface area contributed by atoms with Crippen molar-refractivity contribution in [2.45, 2.75) is 25.7 Å². The van der Waals surface area contributed by atoms with E-state index in [0.29, 0.717) is 5.92 Å². The summed E-state index contributed by atoms with van der Waals surface area (Å²) in [6.45, 7) is 2.95. The first kappa shape index (κ1) is 8.42. The Morgan fingerprint density at radius 3 is 3.15 bits per heavy atom. The van der Waals surface area contributed by atoms with Crippen LogP contribution in [0, 0.1) is 0 Å². The van der Waals surface area contributed by atoms with E-state index >= 15 is 0 Å². The molecule has 1 aromatic rings. The van der Waals surface area contributed by atoms with Crippen LogP contribution in [0.1, 0.15) is 31.2 Å². The van der Waals surface area contributed by atoms with Crippen LogP contribution in [0.2, 0.25) is 0 Å². The van der Waals surface area contributed by atoms with Crippen molar-refractivity contribution < 1.29 is 9.84 Å². The average Bonchev–Trinajstić information content (AvgIpc) is 2.49. The molecule has 0 radical (unpaired) electrons. The second kappa shape index (κ2) is 3.29. The summed E-state index contributed by atoms with van der Waals surface area (Å²) in [4.78, 5) is 0. The maximum atomic E-state index is 9.23. The van der Waals surface area contributed by atoms with Gasteiger partial charge in [-0.1, -0.05) is 19.4 Å². The van der Waals surface area contributed by atoms with Crippen LogP contribution in [0.25, 0.3) is 0 Å². The topological polar surface area (TPSA) is 29.5 Å². The van der Waals surface area contributed by atoms with Gasteiger partial charge < -0.3 is 9.84 Å². The van der Waals surface area contributed by atoms with Crippen molar-refractivity contribution in [1.29, 1.82) is 0 Å². The number of hydrogen-bond donors (Lipinski definition) is 1. The third-order valence-corrected chi connectivity index (χ3v) is 2.51. The lowest BCUT2D eigenvalue weighted by Crippen LogP contribution is -1.99. The van der Waals surface area contributed by atoms with Crippen LogP contribution >= 0.6 is 0 Å². The highest BCUT2D eigenvalue weighted by Gasteiger charge is 2.23. The molecule has 0 bridgehead atoms. The van der Waals surface area contributed by atoms with E-state index in [1.54, 1.807) is 12.1 Å². The van der Waals surface area contributed by atoms with Gasteiger partial charge in [0.2, 0.25) is 0 Å². The van der Waals surface area contributed by atoms with Crippen molar-refractivity contribution >= 4 is 0 Å². The zero-order valence-electron chi connectivity index (χ0n) is 7.79. The van der Waals surface area contributed by atoms with Crippen LogP contribution in [0.5, 0.6) is 11.5 Å². The summed E-state index contributed by atoms with van der Waals surface area (Å²) in [5.41, 5.74) is 1.25. The second-order valence-electron chi connectivity index (χ2n) is 3.52. The van der Waals surface area contributed by atoms with Crippen LogP contribution in [-0.4, -0.2) is 11.7 Å². The highest BCUT2D eigenvalue weighted by Crippen LogP contribution is 2.38. The number of benzene rings is 1. The summed E-state index contributed by atoms with van der Waals surface area (Å²) in [5.74, 6) is 1.68. The minimum Gasteiger partial charge on any atom is -0.508 e. The Kier molecular flexibility index (Phi) is 2.13. The summed E-state index contributed by atoms with van der Waals surface area (Å²) in [7, 11) is 0. The molecule has 2 rings (SSSR count). The fourth-order valence-electron chi connectivity index (χ4n) is 1.85. The second-order valence-corrected chi connectivity index (χ2v) is 3.52. The van der Waals surface area contributed by atoms with E-state index in [0.717, 1.165) is 18.8 Å². The number of ether oxygens (including phenoxy) is 1. The van der Waals surface area contributed by atoms with Crippen molar-refractivity contribution in [2.24, 2.45) is 0 Å². The molecule has 2 nitrogen and oxygen atoms in total. The van der Waals surface area contributed by atoms with Crippen LogP contribution in [0.4, 0.5) is 0 Å². The van der Waals surface area contributed by atoms with Gasteiger partial charge in [-0.15, -0.1) is 0 Å². The Morgan fingerprint density at radius 1 is 1.54 bits per heavy atom. The molecule has 13 heavy (non-hydrogen) atoms. The van der Waals surface area contributed by atoms with E-state index in [4.69, 9.17) is 4.74 Å². The molecule has 0 unspecified atom stereocenters. The average molecular weight is 178 g/mol. The maximum absolute atomic E-state index is 9.23. The Bertz CT molecular complexity index is 307. The van der Waals surface area contributed by atoms with Gasteiger partial charge in [-0.05, 0) is 12.5 Å². The van der Waals surface area contributed by atoms with Gasteiger partial charge in [0, 0.05) is 17.5 Å². The number of fused-ring (bicyclic) bond motifs is 1. The molecule has 0 amide bonds. The minimum absolute atomic E-state index is 0.288. The molecule has 1 aromatic carbocycles. The molecule has 0 aliphatic carbocycles. The maximum Gasteiger partial charge on any atom is 0.126 e. The third-order valence-electron chi connectivity index (χ3n) is 2.51. The number of hydrogen-bond acceptors (Lipinski definition) is 2. The zero-order valence-corrected chi connectivity index (χ0v) is 7.79. The van der Waals surface area contributed by atoms with Crippen molar-refractivity contribution in [1.82, 2.24) is 0 Å². The van der Waals surface area contributed by atoms with E-state index in [1.165, 1.54) is 12.0 Å². The number of phenolic OH excluding ortho intramolecular Hbond substituents is 1. The molecule has 0 aromatic heterocycles. The minimum atomic E-state index is 0.288.